The van der Waals surface area contributed by atoms with Crippen molar-refractivity contribution in [1.29, 1.82) is 0 Å². The first kappa shape index (κ1) is 16.7. The number of hydrogen-bond acceptors (Lipinski definition) is 7. The maximum atomic E-state index is 12.6. The summed E-state index contributed by atoms with van der Waals surface area (Å²) in [6, 6.07) is 0. The van der Waals surface area contributed by atoms with Gasteiger partial charge in [-0.2, -0.15) is 11.8 Å². The van der Waals surface area contributed by atoms with Crippen LogP contribution in [0.2, 0.25) is 0 Å². The van der Waals surface area contributed by atoms with Gasteiger partial charge in [-0.1, -0.05) is 6.92 Å². The monoisotopic (exact) mass is 349 g/mol. The molecule has 1 aromatic heterocycles. The highest BCUT2D eigenvalue weighted by Gasteiger charge is 2.36. The Morgan fingerprint density at radius 3 is 3.00 bits per heavy atom. The molecular weight excluding hydrogens is 330 g/mol. The smallest absolute Gasteiger partial charge is 0.274 e. The number of aromatic nitrogens is 1. The van der Waals surface area contributed by atoms with E-state index in [0.717, 1.165) is 10.8 Å². The fourth-order valence-corrected chi connectivity index (χ4v) is 5.85. The van der Waals surface area contributed by atoms with Crippen LogP contribution in [0.5, 0.6) is 0 Å². The Morgan fingerprint density at radius 2 is 2.33 bits per heavy atom. The summed E-state index contributed by atoms with van der Waals surface area (Å²) in [7, 11) is -3.29. The van der Waals surface area contributed by atoms with Crippen LogP contribution >= 0.6 is 23.1 Å². The lowest BCUT2D eigenvalue weighted by atomic mass is 10.3. The molecule has 1 aliphatic rings. The summed E-state index contributed by atoms with van der Waals surface area (Å²) in [6.45, 7) is 2.53. The summed E-state index contributed by atoms with van der Waals surface area (Å²) in [4.78, 5) is 18.3. The van der Waals surface area contributed by atoms with Gasteiger partial charge in [0, 0.05) is 35.6 Å². The number of rotatable bonds is 5. The summed E-state index contributed by atoms with van der Waals surface area (Å²) < 4.78 is 24.3. The number of hydrogen-bond donors (Lipinski definition) is 1. The van der Waals surface area contributed by atoms with E-state index in [4.69, 9.17) is 5.73 Å². The Labute approximate surface area is 133 Å². The molecule has 2 heterocycles. The molecule has 6 nitrogen and oxygen atoms in total. The van der Waals surface area contributed by atoms with Gasteiger partial charge in [0.05, 0.1) is 5.01 Å². The molecule has 0 saturated carbocycles. The molecule has 1 aliphatic heterocycles. The largest absolute Gasteiger partial charge is 0.330 e. The van der Waals surface area contributed by atoms with E-state index in [2.05, 4.69) is 4.98 Å². The van der Waals surface area contributed by atoms with Crippen LogP contribution in [0.25, 0.3) is 0 Å². The molecule has 0 bridgehead atoms. The number of carbonyl (C=O) groups excluding carboxylic acids is 1. The second-order valence-corrected chi connectivity index (χ2v) is 9.18. The number of sulfone groups is 1. The molecule has 1 saturated heterocycles. The van der Waals surface area contributed by atoms with Crippen molar-refractivity contribution in [3.8, 4) is 0 Å². The van der Waals surface area contributed by atoms with Crippen LogP contribution in [0.15, 0.2) is 5.38 Å². The van der Waals surface area contributed by atoms with Crippen molar-refractivity contribution in [1.82, 2.24) is 9.88 Å². The average molecular weight is 350 g/mol. The van der Waals surface area contributed by atoms with Gasteiger partial charge in [0.25, 0.3) is 5.91 Å². The maximum Gasteiger partial charge on any atom is 0.274 e. The van der Waals surface area contributed by atoms with E-state index in [9.17, 15) is 13.2 Å². The molecule has 9 heteroatoms. The van der Waals surface area contributed by atoms with Gasteiger partial charge in [-0.15, -0.1) is 11.3 Å². The van der Waals surface area contributed by atoms with Gasteiger partial charge in [0.1, 0.15) is 11.1 Å². The number of carbonyl (C=O) groups is 1. The molecule has 0 spiro atoms. The third-order valence-corrected chi connectivity index (χ3v) is 7.49. The first-order valence-electron chi connectivity index (χ1n) is 6.74. The predicted molar refractivity (Wildman–Crippen MR) is 86.5 cm³/mol. The zero-order valence-corrected chi connectivity index (χ0v) is 14.3. The molecule has 1 unspecified atom stereocenters. The van der Waals surface area contributed by atoms with E-state index in [1.54, 1.807) is 24.1 Å². The Balaban J connectivity index is 2.22. The average Bonchev–Trinajstić information content (AvgIpc) is 2.95. The number of thiazole rings is 1. The zero-order valence-electron chi connectivity index (χ0n) is 11.8. The standard InChI is InChI=1S/C12H19N3O3S3/c1-2-21(17,18)11-8-19-6-5-15(11)12(16)9-7-20-10(14-9)3-4-13/h7,11H,2-6,8,13H2,1H3. The number of nitrogens with zero attached hydrogens (tertiary/aromatic N) is 2. The van der Waals surface area contributed by atoms with Gasteiger partial charge >= 0.3 is 0 Å². The van der Waals surface area contributed by atoms with Crippen molar-refractivity contribution in [3.05, 3.63) is 16.1 Å². The Morgan fingerprint density at radius 1 is 1.57 bits per heavy atom. The first-order valence-corrected chi connectivity index (χ1v) is 10.5. The van der Waals surface area contributed by atoms with Gasteiger partial charge in [-0.25, -0.2) is 13.4 Å². The number of amides is 1. The highest BCUT2D eigenvalue weighted by Crippen LogP contribution is 2.24. The second-order valence-electron chi connectivity index (χ2n) is 4.64. The summed E-state index contributed by atoms with van der Waals surface area (Å²) in [5, 5.41) is 1.75. The predicted octanol–water partition coefficient (Wildman–Crippen LogP) is 0.594. The minimum atomic E-state index is -3.29. The number of nitrogens with two attached hydrogens (primary N) is 1. The van der Waals surface area contributed by atoms with Gasteiger partial charge in [-0.3, -0.25) is 4.79 Å². The van der Waals surface area contributed by atoms with Crippen molar-refractivity contribution < 1.29 is 13.2 Å². The van der Waals surface area contributed by atoms with Crippen molar-refractivity contribution in [2.24, 2.45) is 5.73 Å². The molecule has 2 N–H and O–H groups in total. The van der Waals surface area contributed by atoms with E-state index in [1.165, 1.54) is 16.2 Å². The molecule has 0 aromatic carbocycles. The van der Waals surface area contributed by atoms with Crippen LogP contribution in [0.1, 0.15) is 22.4 Å². The normalized spacial score (nSPS) is 19.7. The van der Waals surface area contributed by atoms with E-state index in [1.807, 2.05) is 0 Å². The Hall–Kier alpha value is -0.640. The van der Waals surface area contributed by atoms with Crippen LogP contribution in [0.3, 0.4) is 0 Å². The first-order chi connectivity index (χ1) is 9.99. The quantitative estimate of drug-likeness (QED) is 0.836. The zero-order chi connectivity index (χ0) is 15.5. The summed E-state index contributed by atoms with van der Waals surface area (Å²) in [5.74, 6) is 0.928. The van der Waals surface area contributed by atoms with Crippen LogP contribution in [0.4, 0.5) is 0 Å². The van der Waals surface area contributed by atoms with Gasteiger partial charge in [0.2, 0.25) is 0 Å². The molecule has 21 heavy (non-hydrogen) atoms. The van der Waals surface area contributed by atoms with E-state index >= 15 is 0 Å². The van der Waals surface area contributed by atoms with Gasteiger partial charge in [0.15, 0.2) is 9.84 Å². The number of thioether (sulfide) groups is 1. The Bertz CT molecular complexity index is 600. The second kappa shape index (κ2) is 7.08. The van der Waals surface area contributed by atoms with Crippen molar-refractivity contribution in [3.63, 3.8) is 0 Å². The Kier molecular flexibility index (Phi) is 5.64. The minimum absolute atomic E-state index is 0.0392. The van der Waals surface area contributed by atoms with E-state index < -0.39 is 15.2 Å². The fourth-order valence-electron chi connectivity index (χ4n) is 2.10. The molecule has 118 valence electrons. The summed E-state index contributed by atoms with van der Waals surface area (Å²) >= 11 is 2.96. The van der Waals surface area contributed by atoms with E-state index in [-0.39, 0.29) is 11.7 Å². The molecule has 1 aromatic rings. The third kappa shape index (κ3) is 3.77. The lowest BCUT2D eigenvalue weighted by molar-refractivity contribution is 0.0744. The third-order valence-electron chi connectivity index (χ3n) is 3.29. The SMILES string of the molecule is CCS(=O)(=O)C1CSCCN1C(=O)c1csc(CCN)n1. The lowest BCUT2D eigenvalue weighted by Crippen LogP contribution is -2.50. The van der Waals surface area contributed by atoms with Crippen molar-refractivity contribution in [2.45, 2.75) is 18.7 Å². The summed E-state index contributed by atoms with van der Waals surface area (Å²) in [6.07, 6.45) is 0.629. The lowest BCUT2D eigenvalue weighted by Gasteiger charge is -2.34. The molecule has 0 aliphatic carbocycles. The molecular formula is C12H19N3O3S3. The van der Waals surface area contributed by atoms with Gasteiger partial charge < -0.3 is 10.6 Å². The van der Waals surface area contributed by atoms with Crippen molar-refractivity contribution >= 4 is 38.8 Å². The topological polar surface area (TPSA) is 93.4 Å². The van der Waals surface area contributed by atoms with Crippen LogP contribution < -0.4 is 5.73 Å². The van der Waals surface area contributed by atoms with Crippen LogP contribution in [-0.2, 0) is 16.3 Å². The van der Waals surface area contributed by atoms with Crippen LogP contribution in [-0.4, -0.2) is 59.9 Å². The maximum absolute atomic E-state index is 12.6. The van der Waals surface area contributed by atoms with Crippen LogP contribution in [0, 0.1) is 0 Å². The van der Waals surface area contributed by atoms with E-state index in [0.29, 0.717) is 31.0 Å². The van der Waals surface area contributed by atoms with Crippen molar-refractivity contribution in [2.75, 3.05) is 30.3 Å². The highest BCUT2D eigenvalue weighted by atomic mass is 32.2. The molecule has 1 fully saturated rings. The molecule has 1 atom stereocenters. The molecule has 1 amide bonds. The van der Waals surface area contributed by atoms with Gasteiger partial charge in [-0.05, 0) is 6.54 Å². The fraction of sp³-hybridized carbons (Fsp3) is 0.667. The molecule has 2 rings (SSSR count). The highest BCUT2D eigenvalue weighted by molar-refractivity contribution is 8.01. The minimum Gasteiger partial charge on any atom is -0.330 e. The summed E-state index contributed by atoms with van der Waals surface area (Å²) in [5.41, 5.74) is 5.80. The molecule has 0 radical (unpaired) electrons.